The first-order valence-electron chi connectivity index (χ1n) is 7.40. The van der Waals surface area contributed by atoms with Crippen molar-refractivity contribution in [2.24, 2.45) is 0 Å². The molecule has 0 bridgehead atoms. The fraction of sp³-hybridized carbons (Fsp3) is 0.500. The number of carbonyl (C=O) groups is 2. The van der Waals surface area contributed by atoms with Crippen molar-refractivity contribution in [1.82, 2.24) is 9.80 Å². The molecule has 0 aromatic heterocycles. The Labute approximate surface area is 139 Å². The second-order valence-corrected chi connectivity index (χ2v) is 6.24. The number of carbonyl (C=O) groups excluding carboxylic acids is 2. The molecule has 0 radical (unpaired) electrons. The van der Waals surface area contributed by atoms with E-state index in [0.29, 0.717) is 37.4 Å². The van der Waals surface area contributed by atoms with E-state index in [1.165, 1.54) is 0 Å². The average molecular weight is 369 g/mol. The van der Waals surface area contributed by atoms with Crippen molar-refractivity contribution in [2.45, 2.75) is 26.3 Å². The second-order valence-electron chi connectivity index (χ2n) is 5.39. The number of hydrogen-bond donors (Lipinski definition) is 0. The number of methoxy groups -OCH3 is 1. The molecular weight excluding hydrogens is 348 g/mol. The van der Waals surface area contributed by atoms with E-state index in [1.54, 1.807) is 13.2 Å². The van der Waals surface area contributed by atoms with E-state index in [2.05, 4.69) is 15.9 Å². The van der Waals surface area contributed by atoms with Crippen molar-refractivity contribution in [3.8, 4) is 5.75 Å². The van der Waals surface area contributed by atoms with Gasteiger partial charge in [-0.25, -0.2) is 0 Å². The smallest absolute Gasteiger partial charge is 0.255 e. The van der Waals surface area contributed by atoms with Gasteiger partial charge in [-0.2, -0.15) is 0 Å². The number of hydrogen-bond acceptors (Lipinski definition) is 3. The highest BCUT2D eigenvalue weighted by Gasteiger charge is 2.30. The van der Waals surface area contributed by atoms with Gasteiger partial charge in [-0.1, -0.05) is 6.92 Å². The minimum absolute atomic E-state index is 0.00477. The summed E-state index contributed by atoms with van der Waals surface area (Å²) in [7, 11) is 1.58. The summed E-state index contributed by atoms with van der Waals surface area (Å²) in [5.74, 6) is 0.752. The molecule has 1 aliphatic rings. The largest absolute Gasteiger partial charge is 0.497 e. The maximum Gasteiger partial charge on any atom is 0.255 e. The summed E-state index contributed by atoms with van der Waals surface area (Å²) in [5.41, 5.74) is 0.585. The molecule has 0 N–H and O–H groups in total. The van der Waals surface area contributed by atoms with E-state index in [1.807, 2.05) is 35.8 Å². The van der Waals surface area contributed by atoms with Gasteiger partial charge < -0.3 is 14.5 Å². The van der Waals surface area contributed by atoms with Crippen LogP contribution in [0.25, 0.3) is 0 Å². The summed E-state index contributed by atoms with van der Waals surface area (Å²) in [4.78, 5) is 28.2. The van der Waals surface area contributed by atoms with Crippen molar-refractivity contribution in [1.29, 1.82) is 0 Å². The lowest BCUT2D eigenvalue weighted by Gasteiger charge is -2.40. The van der Waals surface area contributed by atoms with Gasteiger partial charge in [-0.15, -0.1) is 0 Å². The Balaban J connectivity index is 2.15. The van der Waals surface area contributed by atoms with Gasteiger partial charge >= 0.3 is 0 Å². The highest BCUT2D eigenvalue weighted by Crippen LogP contribution is 2.25. The van der Waals surface area contributed by atoms with Crippen molar-refractivity contribution in [3.05, 3.63) is 28.2 Å². The Kier molecular flexibility index (Phi) is 5.45. The van der Waals surface area contributed by atoms with Gasteiger partial charge in [0.15, 0.2) is 0 Å². The lowest BCUT2D eigenvalue weighted by molar-refractivity contribution is -0.133. The number of rotatable bonds is 3. The van der Waals surface area contributed by atoms with Crippen LogP contribution in [-0.2, 0) is 4.79 Å². The lowest BCUT2D eigenvalue weighted by Crippen LogP contribution is -2.55. The maximum absolute atomic E-state index is 12.8. The van der Waals surface area contributed by atoms with Gasteiger partial charge in [0.05, 0.1) is 12.7 Å². The number of ether oxygens (including phenoxy) is 1. The molecule has 0 aliphatic carbocycles. The van der Waals surface area contributed by atoms with Gasteiger partial charge in [-0.05, 0) is 41.1 Å². The topological polar surface area (TPSA) is 49.9 Å². The average Bonchev–Trinajstić information content (AvgIpc) is 2.53. The molecule has 1 fully saturated rings. The van der Waals surface area contributed by atoms with Crippen LogP contribution in [0, 0.1) is 0 Å². The van der Waals surface area contributed by atoms with Gasteiger partial charge in [0, 0.05) is 36.6 Å². The highest BCUT2D eigenvalue weighted by molar-refractivity contribution is 9.10. The highest BCUT2D eigenvalue weighted by atomic mass is 79.9. The first-order chi connectivity index (χ1) is 10.5. The molecule has 120 valence electrons. The molecule has 22 heavy (non-hydrogen) atoms. The van der Waals surface area contributed by atoms with Gasteiger partial charge in [0.1, 0.15) is 5.75 Å². The number of amides is 2. The molecule has 1 aromatic rings. The number of nitrogens with zero attached hydrogens (tertiary/aromatic N) is 2. The summed E-state index contributed by atoms with van der Waals surface area (Å²) in [5, 5.41) is 0. The molecule has 1 atom stereocenters. The van der Waals surface area contributed by atoms with Crippen LogP contribution in [0.5, 0.6) is 5.75 Å². The first-order valence-corrected chi connectivity index (χ1v) is 8.19. The zero-order valence-corrected chi connectivity index (χ0v) is 14.7. The van der Waals surface area contributed by atoms with Crippen LogP contribution >= 0.6 is 15.9 Å². The maximum atomic E-state index is 12.8. The van der Waals surface area contributed by atoms with E-state index in [-0.39, 0.29) is 17.9 Å². The third-order valence-electron chi connectivity index (χ3n) is 3.95. The van der Waals surface area contributed by atoms with Crippen LogP contribution in [0.4, 0.5) is 0 Å². The van der Waals surface area contributed by atoms with Crippen molar-refractivity contribution < 1.29 is 14.3 Å². The van der Waals surface area contributed by atoms with E-state index in [9.17, 15) is 9.59 Å². The SMILES string of the molecule is CCC(=O)N1CCN(C(=O)c2cc(OC)ccc2Br)C(C)C1. The molecule has 6 heteroatoms. The Hall–Kier alpha value is -1.56. The zero-order valence-electron chi connectivity index (χ0n) is 13.1. The molecule has 1 aliphatic heterocycles. The van der Waals surface area contributed by atoms with Crippen LogP contribution in [0.2, 0.25) is 0 Å². The second kappa shape index (κ2) is 7.13. The molecule has 0 spiro atoms. The molecule has 1 unspecified atom stereocenters. The fourth-order valence-corrected chi connectivity index (χ4v) is 3.08. The van der Waals surface area contributed by atoms with Crippen LogP contribution in [0.15, 0.2) is 22.7 Å². The zero-order chi connectivity index (χ0) is 16.3. The first kappa shape index (κ1) is 16.8. The monoisotopic (exact) mass is 368 g/mol. The predicted octanol–water partition coefficient (Wildman–Crippen LogP) is 2.54. The van der Waals surface area contributed by atoms with Gasteiger partial charge in [0.25, 0.3) is 5.91 Å². The summed E-state index contributed by atoms with van der Waals surface area (Å²) in [6.07, 6.45) is 0.502. The Morgan fingerprint density at radius 1 is 1.36 bits per heavy atom. The molecule has 2 amide bonds. The minimum atomic E-state index is -0.0399. The van der Waals surface area contributed by atoms with E-state index in [0.717, 1.165) is 4.47 Å². The number of piperazine rings is 1. The molecular formula is C16H21BrN2O3. The van der Waals surface area contributed by atoms with Crippen molar-refractivity contribution >= 4 is 27.7 Å². The van der Waals surface area contributed by atoms with Crippen LogP contribution in [0.1, 0.15) is 30.6 Å². The summed E-state index contributed by atoms with van der Waals surface area (Å²) < 4.78 is 5.94. The van der Waals surface area contributed by atoms with Crippen LogP contribution < -0.4 is 4.74 Å². The Morgan fingerprint density at radius 3 is 2.68 bits per heavy atom. The van der Waals surface area contributed by atoms with Crippen LogP contribution in [-0.4, -0.2) is 54.4 Å². The van der Waals surface area contributed by atoms with E-state index in [4.69, 9.17) is 4.74 Å². The molecule has 2 rings (SSSR count). The normalized spacial score (nSPS) is 18.3. The standard InChI is InChI=1S/C16H21BrN2O3/c1-4-15(20)18-7-8-19(11(2)10-18)16(21)13-9-12(22-3)5-6-14(13)17/h5-6,9,11H,4,7-8,10H2,1-3H3. The summed E-state index contributed by atoms with van der Waals surface area (Å²) in [6, 6.07) is 5.35. The van der Waals surface area contributed by atoms with Crippen LogP contribution in [0.3, 0.4) is 0 Å². The van der Waals surface area contributed by atoms with Crippen molar-refractivity contribution in [3.63, 3.8) is 0 Å². The number of benzene rings is 1. The van der Waals surface area contributed by atoms with Crippen molar-refractivity contribution in [2.75, 3.05) is 26.7 Å². The van der Waals surface area contributed by atoms with Gasteiger partial charge in [0.2, 0.25) is 5.91 Å². The van der Waals surface area contributed by atoms with Gasteiger partial charge in [-0.3, -0.25) is 9.59 Å². The third kappa shape index (κ3) is 3.43. The summed E-state index contributed by atoms with van der Waals surface area (Å²) >= 11 is 3.43. The molecule has 5 nitrogen and oxygen atoms in total. The predicted molar refractivity (Wildman–Crippen MR) is 88.1 cm³/mol. The van der Waals surface area contributed by atoms with E-state index < -0.39 is 0 Å². The number of halogens is 1. The lowest BCUT2D eigenvalue weighted by atomic mass is 10.1. The minimum Gasteiger partial charge on any atom is -0.497 e. The molecule has 0 saturated carbocycles. The fourth-order valence-electron chi connectivity index (χ4n) is 2.66. The molecule has 1 saturated heterocycles. The molecule has 1 aromatic carbocycles. The summed E-state index contributed by atoms with van der Waals surface area (Å²) in [6.45, 7) is 5.55. The Morgan fingerprint density at radius 2 is 2.09 bits per heavy atom. The Bertz CT molecular complexity index is 577. The van der Waals surface area contributed by atoms with E-state index >= 15 is 0 Å². The molecule has 1 heterocycles. The quantitative estimate of drug-likeness (QED) is 0.823. The third-order valence-corrected chi connectivity index (χ3v) is 4.64.